The maximum Gasteiger partial charge on any atom is 0.323 e. The fourth-order valence-electron chi connectivity index (χ4n) is 2.79. The van der Waals surface area contributed by atoms with Gasteiger partial charge in [0.05, 0.1) is 0 Å². The molecule has 18 heavy (non-hydrogen) atoms. The molecule has 6 nitrogen and oxygen atoms in total. The first-order chi connectivity index (χ1) is 8.42. The molecule has 1 rings (SSSR count). The van der Waals surface area contributed by atoms with E-state index in [4.69, 9.17) is 5.53 Å². The normalized spacial score (nSPS) is 26.3. The van der Waals surface area contributed by atoms with Crippen molar-refractivity contribution in [1.29, 1.82) is 0 Å². The summed E-state index contributed by atoms with van der Waals surface area (Å²) in [5, 5.41) is 16.1. The van der Waals surface area contributed by atoms with Crippen molar-refractivity contribution in [2.24, 2.45) is 10.5 Å². The Balaban J connectivity index is 2.58. The van der Waals surface area contributed by atoms with E-state index in [0.717, 1.165) is 12.8 Å². The molecule has 0 radical (unpaired) electrons. The summed E-state index contributed by atoms with van der Waals surface area (Å²) in [5.41, 5.74) is 7.42. The molecule has 102 valence electrons. The second-order valence-corrected chi connectivity index (χ2v) is 5.82. The van der Waals surface area contributed by atoms with Crippen molar-refractivity contribution in [2.75, 3.05) is 13.1 Å². The maximum absolute atomic E-state index is 11.5. The Morgan fingerprint density at radius 3 is 2.78 bits per heavy atom. The first-order valence-corrected chi connectivity index (χ1v) is 6.41. The van der Waals surface area contributed by atoms with Crippen LogP contribution in [0.4, 0.5) is 0 Å². The fourth-order valence-corrected chi connectivity index (χ4v) is 2.79. The van der Waals surface area contributed by atoms with Gasteiger partial charge in [-0.15, -0.1) is 0 Å². The quantitative estimate of drug-likeness (QED) is 0.330. The van der Waals surface area contributed by atoms with Crippen LogP contribution in [-0.4, -0.2) is 29.7 Å². The lowest BCUT2D eigenvalue weighted by molar-refractivity contribution is -0.148. The average molecular weight is 254 g/mol. The Hall–Kier alpha value is -1.26. The van der Waals surface area contributed by atoms with E-state index in [1.54, 1.807) is 0 Å². The van der Waals surface area contributed by atoms with E-state index in [1.165, 1.54) is 0 Å². The zero-order valence-electron chi connectivity index (χ0n) is 11.1. The minimum Gasteiger partial charge on any atom is -0.480 e. The highest BCUT2D eigenvalue weighted by molar-refractivity contribution is 5.79. The first-order valence-electron chi connectivity index (χ1n) is 6.41. The van der Waals surface area contributed by atoms with Crippen LogP contribution in [0.2, 0.25) is 0 Å². The zero-order valence-corrected chi connectivity index (χ0v) is 11.1. The van der Waals surface area contributed by atoms with Crippen LogP contribution >= 0.6 is 0 Å². The Morgan fingerprint density at radius 2 is 2.22 bits per heavy atom. The molecule has 0 aromatic carbocycles. The molecule has 0 aromatic rings. The molecule has 0 aromatic heterocycles. The zero-order chi connectivity index (χ0) is 13.6. The van der Waals surface area contributed by atoms with Crippen LogP contribution in [0.25, 0.3) is 10.4 Å². The Bertz CT molecular complexity index is 350. The number of aliphatic carboxylic acids is 1. The Kier molecular flexibility index (Phi) is 4.99. The third kappa shape index (κ3) is 3.89. The van der Waals surface area contributed by atoms with E-state index >= 15 is 0 Å². The molecule has 0 saturated heterocycles. The van der Waals surface area contributed by atoms with Crippen LogP contribution in [0.3, 0.4) is 0 Å². The van der Waals surface area contributed by atoms with Crippen LogP contribution < -0.4 is 5.32 Å². The van der Waals surface area contributed by atoms with E-state index in [1.807, 2.05) is 0 Å². The average Bonchev–Trinajstić information content (AvgIpc) is 2.27. The second kappa shape index (κ2) is 6.07. The smallest absolute Gasteiger partial charge is 0.323 e. The third-order valence-electron chi connectivity index (χ3n) is 3.61. The highest BCUT2D eigenvalue weighted by atomic mass is 16.4. The standard InChI is InChI=1S/C12H22N4O2/c1-11(2)5-3-6-12(9-11,10(17)18)14-7-4-8-15-16-13/h14H,3-9H2,1-2H3,(H,17,18). The molecule has 1 aliphatic rings. The summed E-state index contributed by atoms with van der Waals surface area (Å²) in [6.07, 6.45) is 3.99. The number of hydrogen-bond acceptors (Lipinski definition) is 3. The summed E-state index contributed by atoms with van der Waals surface area (Å²) < 4.78 is 0. The van der Waals surface area contributed by atoms with Gasteiger partial charge in [0.15, 0.2) is 0 Å². The molecule has 0 spiro atoms. The van der Waals surface area contributed by atoms with Gasteiger partial charge in [-0.05, 0) is 43.2 Å². The molecular formula is C12H22N4O2. The highest BCUT2D eigenvalue weighted by Gasteiger charge is 2.45. The highest BCUT2D eigenvalue weighted by Crippen LogP contribution is 2.41. The molecule has 1 fully saturated rings. The van der Waals surface area contributed by atoms with Gasteiger partial charge in [-0.2, -0.15) is 0 Å². The van der Waals surface area contributed by atoms with Crippen LogP contribution in [-0.2, 0) is 4.79 Å². The minimum atomic E-state index is -0.807. The van der Waals surface area contributed by atoms with Gasteiger partial charge in [-0.1, -0.05) is 25.4 Å². The van der Waals surface area contributed by atoms with Crippen molar-refractivity contribution in [3.05, 3.63) is 10.4 Å². The number of carbonyl (C=O) groups is 1. The number of carboxylic acid groups (broad SMARTS) is 1. The maximum atomic E-state index is 11.5. The van der Waals surface area contributed by atoms with Crippen molar-refractivity contribution < 1.29 is 9.90 Å². The largest absolute Gasteiger partial charge is 0.480 e. The Morgan fingerprint density at radius 1 is 1.50 bits per heavy atom. The van der Waals surface area contributed by atoms with Crippen molar-refractivity contribution in [1.82, 2.24) is 5.32 Å². The number of nitrogens with one attached hydrogen (secondary N) is 1. The molecule has 6 heteroatoms. The number of azide groups is 1. The Labute approximate surface area is 107 Å². The first kappa shape index (κ1) is 14.8. The third-order valence-corrected chi connectivity index (χ3v) is 3.61. The molecule has 1 atom stereocenters. The summed E-state index contributed by atoms with van der Waals surface area (Å²) in [4.78, 5) is 14.2. The number of hydrogen-bond donors (Lipinski definition) is 2. The molecule has 0 heterocycles. The van der Waals surface area contributed by atoms with Gasteiger partial charge in [0, 0.05) is 11.5 Å². The van der Waals surface area contributed by atoms with Crippen LogP contribution in [0.15, 0.2) is 5.11 Å². The predicted molar refractivity (Wildman–Crippen MR) is 69.2 cm³/mol. The van der Waals surface area contributed by atoms with E-state index in [9.17, 15) is 9.90 Å². The van der Waals surface area contributed by atoms with E-state index in [0.29, 0.717) is 32.4 Å². The van der Waals surface area contributed by atoms with Crippen molar-refractivity contribution >= 4 is 5.97 Å². The number of carboxylic acids is 1. The van der Waals surface area contributed by atoms with E-state index < -0.39 is 11.5 Å². The van der Waals surface area contributed by atoms with Crippen molar-refractivity contribution in [3.63, 3.8) is 0 Å². The predicted octanol–water partition coefficient (Wildman–Crippen LogP) is 2.70. The van der Waals surface area contributed by atoms with Gasteiger partial charge in [-0.3, -0.25) is 4.79 Å². The molecule has 0 aliphatic heterocycles. The minimum absolute atomic E-state index is 0.0639. The van der Waals surface area contributed by atoms with Crippen LogP contribution in [0, 0.1) is 5.41 Å². The molecule has 1 aliphatic carbocycles. The molecule has 0 bridgehead atoms. The molecular weight excluding hydrogens is 232 g/mol. The summed E-state index contributed by atoms with van der Waals surface area (Å²) in [6, 6.07) is 0. The van der Waals surface area contributed by atoms with Crippen LogP contribution in [0.1, 0.15) is 46.0 Å². The lowest BCUT2D eigenvalue weighted by Gasteiger charge is -2.42. The van der Waals surface area contributed by atoms with Crippen molar-refractivity contribution in [2.45, 2.75) is 51.5 Å². The van der Waals surface area contributed by atoms with E-state index in [2.05, 4.69) is 29.2 Å². The van der Waals surface area contributed by atoms with E-state index in [-0.39, 0.29) is 5.41 Å². The van der Waals surface area contributed by atoms with Gasteiger partial charge >= 0.3 is 5.97 Å². The number of rotatable bonds is 6. The SMILES string of the molecule is CC1(C)CCCC(NCCCN=[N+]=[N-])(C(=O)O)C1. The summed E-state index contributed by atoms with van der Waals surface area (Å²) in [7, 11) is 0. The van der Waals surface area contributed by atoms with Gasteiger partial charge in [0.1, 0.15) is 5.54 Å². The molecule has 2 N–H and O–H groups in total. The van der Waals surface area contributed by atoms with Gasteiger partial charge in [0.2, 0.25) is 0 Å². The number of nitrogens with zero attached hydrogens (tertiary/aromatic N) is 3. The molecule has 1 unspecified atom stereocenters. The topological polar surface area (TPSA) is 98.1 Å². The molecule has 0 amide bonds. The van der Waals surface area contributed by atoms with Gasteiger partial charge in [-0.25, -0.2) is 0 Å². The monoisotopic (exact) mass is 254 g/mol. The lowest BCUT2D eigenvalue weighted by atomic mass is 9.68. The summed E-state index contributed by atoms with van der Waals surface area (Å²) in [6.45, 7) is 5.21. The second-order valence-electron chi connectivity index (χ2n) is 5.82. The fraction of sp³-hybridized carbons (Fsp3) is 0.917. The molecule has 1 saturated carbocycles. The van der Waals surface area contributed by atoms with Gasteiger partial charge < -0.3 is 10.4 Å². The lowest BCUT2D eigenvalue weighted by Crippen LogP contribution is -2.56. The summed E-state index contributed by atoms with van der Waals surface area (Å²) in [5.74, 6) is -0.765. The summed E-state index contributed by atoms with van der Waals surface area (Å²) >= 11 is 0. The van der Waals surface area contributed by atoms with Crippen LogP contribution in [0.5, 0.6) is 0 Å². The van der Waals surface area contributed by atoms with Gasteiger partial charge in [0.25, 0.3) is 0 Å². The van der Waals surface area contributed by atoms with Crippen molar-refractivity contribution in [3.8, 4) is 0 Å².